The number of nitrogens with zero attached hydrogens (tertiary/aromatic N) is 2. The van der Waals surface area contributed by atoms with E-state index < -0.39 is 17.2 Å². The molecule has 0 saturated carbocycles. The Kier molecular flexibility index (Phi) is 4.21. The number of rotatable bonds is 2. The summed E-state index contributed by atoms with van der Waals surface area (Å²) in [5.41, 5.74) is 6.21. The largest absolute Gasteiger partial charge is 0.379 e. The Balaban J connectivity index is 1.73. The summed E-state index contributed by atoms with van der Waals surface area (Å²) in [6.45, 7) is 0.183. The number of aromatic nitrogens is 1. The number of ether oxygens (including phenoxy) is 1. The second-order valence-corrected chi connectivity index (χ2v) is 7.34. The third kappa shape index (κ3) is 2.91. The molecule has 3 heterocycles. The van der Waals surface area contributed by atoms with Crippen LogP contribution >= 0.6 is 11.8 Å². The van der Waals surface area contributed by atoms with Gasteiger partial charge < -0.3 is 10.5 Å². The SMILES string of the molecule is NC1=N[C@@]2(c3ccc(F)cc3F)CO[C@@H](c3ccccn3)C[C@H]2CS1. The number of fused-ring (bicyclic) bond motifs is 1. The van der Waals surface area contributed by atoms with E-state index in [9.17, 15) is 8.78 Å². The minimum absolute atomic E-state index is 0.0190. The van der Waals surface area contributed by atoms with Gasteiger partial charge in [-0.25, -0.2) is 13.8 Å². The van der Waals surface area contributed by atoms with Gasteiger partial charge in [0.1, 0.15) is 17.2 Å². The Morgan fingerprint density at radius 3 is 2.88 bits per heavy atom. The van der Waals surface area contributed by atoms with Gasteiger partial charge in [0.25, 0.3) is 0 Å². The molecule has 3 atom stereocenters. The van der Waals surface area contributed by atoms with Crippen molar-refractivity contribution in [2.75, 3.05) is 12.4 Å². The lowest BCUT2D eigenvalue weighted by Crippen LogP contribution is -2.48. The lowest BCUT2D eigenvalue weighted by atomic mass is 9.74. The smallest absolute Gasteiger partial charge is 0.154 e. The summed E-state index contributed by atoms with van der Waals surface area (Å²) in [7, 11) is 0. The van der Waals surface area contributed by atoms with E-state index in [0.29, 0.717) is 22.9 Å². The van der Waals surface area contributed by atoms with Crippen molar-refractivity contribution in [2.24, 2.45) is 16.6 Å². The number of nitrogens with two attached hydrogens (primary N) is 1. The molecule has 1 fully saturated rings. The van der Waals surface area contributed by atoms with Crippen molar-refractivity contribution in [1.29, 1.82) is 0 Å². The van der Waals surface area contributed by atoms with Gasteiger partial charge in [0.05, 0.1) is 18.4 Å². The molecule has 4 nitrogen and oxygen atoms in total. The molecule has 0 radical (unpaired) electrons. The molecule has 1 aromatic carbocycles. The maximum atomic E-state index is 14.5. The van der Waals surface area contributed by atoms with Crippen molar-refractivity contribution in [3.8, 4) is 0 Å². The van der Waals surface area contributed by atoms with E-state index in [1.54, 1.807) is 6.20 Å². The van der Waals surface area contributed by atoms with Gasteiger partial charge in [-0.05, 0) is 24.6 Å². The molecule has 0 aliphatic carbocycles. The first-order valence-corrected chi connectivity index (χ1v) is 9.03. The molecule has 2 aliphatic rings. The summed E-state index contributed by atoms with van der Waals surface area (Å²) >= 11 is 1.46. The van der Waals surface area contributed by atoms with Crippen LogP contribution in [0, 0.1) is 17.6 Å². The number of amidine groups is 1. The van der Waals surface area contributed by atoms with Crippen LogP contribution in [0.15, 0.2) is 47.6 Å². The second kappa shape index (κ2) is 6.38. The monoisotopic (exact) mass is 361 g/mol. The van der Waals surface area contributed by atoms with Gasteiger partial charge in [-0.2, -0.15) is 0 Å². The van der Waals surface area contributed by atoms with E-state index in [-0.39, 0.29) is 18.6 Å². The Labute approximate surface area is 148 Å². The highest BCUT2D eigenvalue weighted by Gasteiger charge is 2.49. The molecule has 4 rings (SSSR count). The number of aliphatic imine (C=N–C) groups is 1. The zero-order valence-corrected chi connectivity index (χ0v) is 14.2. The molecule has 25 heavy (non-hydrogen) atoms. The van der Waals surface area contributed by atoms with Crippen LogP contribution in [0.2, 0.25) is 0 Å². The standard InChI is InChI=1S/C18H17F2N3OS/c19-12-4-5-13(14(20)8-12)18-10-24-16(15-3-1-2-6-22-15)7-11(18)9-25-17(21)23-18/h1-6,8,11,16H,7,9-10H2,(H2,21,23)/t11-,16+,18-/m0/s1. The zero-order valence-electron chi connectivity index (χ0n) is 13.4. The maximum absolute atomic E-state index is 14.5. The Morgan fingerprint density at radius 1 is 1.24 bits per heavy atom. The van der Waals surface area contributed by atoms with Crippen LogP contribution < -0.4 is 5.73 Å². The third-order valence-corrected chi connectivity index (χ3v) is 5.79. The van der Waals surface area contributed by atoms with Gasteiger partial charge in [0.15, 0.2) is 5.17 Å². The summed E-state index contributed by atoms with van der Waals surface area (Å²) in [6, 6.07) is 9.28. The van der Waals surface area contributed by atoms with Crippen molar-refractivity contribution in [2.45, 2.75) is 18.1 Å². The van der Waals surface area contributed by atoms with Crippen LogP contribution in [-0.4, -0.2) is 22.5 Å². The minimum atomic E-state index is -0.918. The van der Waals surface area contributed by atoms with Crippen LogP contribution in [0.4, 0.5) is 8.78 Å². The van der Waals surface area contributed by atoms with E-state index in [0.717, 1.165) is 11.8 Å². The maximum Gasteiger partial charge on any atom is 0.154 e. The average molecular weight is 361 g/mol. The van der Waals surface area contributed by atoms with Crippen LogP contribution in [0.3, 0.4) is 0 Å². The van der Waals surface area contributed by atoms with Crippen molar-refractivity contribution in [3.63, 3.8) is 0 Å². The molecule has 2 aromatic rings. The van der Waals surface area contributed by atoms with Gasteiger partial charge in [-0.15, -0.1) is 0 Å². The predicted octanol–water partition coefficient (Wildman–Crippen LogP) is 3.39. The lowest BCUT2D eigenvalue weighted by Gasteiger charge is -2.46. The highest BCUT2D eigenvalue weighted by atomic mass is 32.2. The third-order valence-electron chi connectivity index (χ3n) is 4.84. The molecule has 2 N–H and O–H groups in total. The molecule has 7 heteroatoms. The fourth-order valence-electron chi connectivity index (χ4n) is 3.58. The fraction of sp³-hybridized carbons (Fsp3) is 0.333. The van der Waals surface area contributed by atoms with E-state index in [2.05, 4.69) is 9.98 Å². The summed E-state index contributed by atoms with van der Waals surface area (Å²) in [5.74, 6) is -0.503. The normalized spacial score (nSPS) is 29.0. The average Bonchev–Trinajstić information content (AvgIpc) is 2.61. The molecule has 1 saturated heterocycles. The van der Waals surface area contributed by atoms with Crippen molar-refractivity contribution in [3.05, 3.63) is 65.5 Å². The van der Waals surface area contributed by atoms with Crippen molar-refractivity contribution < 1.29 is 13.5 Å². The fourth-order valence-corrected chi connectivity index (χ4v) is 4.59. The highest BCUT2D eigenvalue weighted by Crippen LogP contribution is 2.49. The molecule has 1 aromatic heterocycles. The van der Waals surface area contributed by atoms with Gasteiger partial charge in [-0.3, -0.25) is 4.98 Å². The Hall–Kier alpha value is -1.99. The van der Waals surface area contributed by atoms with E-state index in [1.807, 2.05) is 18.2 Å². The molecular weight excluding hydrogens is 344 g/mol. The first kappa shape index (κ1) is 16.5. The van der Waals surface area contributed by atoms with Crippen molar-refractivity contribution in [1.82, 2.24) is 4.98 Å². The van der Waals surface area contributed by atoms with E-state index in [1.165, 1.54) is 23.9 Å². The van der Waals surface area contributed by atoms with Gasteiger partial charge in [-0.1, -0.05) is 23.9 Å². The number of hydrogen-bond donors (Lipinski definition) is 1. The van der Waals surface area contributed by atoms with Gasteiger partial charge in [0, 0.05) is 29.5 Å². The molecule has 0 spiro atoms. The van der Waals surface area contributed by atoms with Gasteiger partial charge >= 0.3 is 0 Å². The van der Waals surface area contributed by atoms with E-state index >= 15 is 0 Å². The summed E-state index contributed by atoms with van der Waals surface area (Å²) in [5, 5.41) is 0.403. The topological polar surface area (TPSA) is 60.5 Å². The number of halogens is 2. The number of hydrogen-bond acceptors (Lipinski definition) is 5. The minimum Gasteiger partial charge on any atom is -0.379 e. The number of pyridine rings is 1. The summed E-state index contributed by atoms with van der Waals surface area (Å²) in [4.78, 5) is 8.94. The molecule has 0 amide bonds. The van der Waals surface area contributed by atoms with Crippen LogP contribution in [-0.2, 0) is 10.3 Å². The van der Waals surface area contributed by atoms with Crippen molar-refractivity contribution >= 4 is 16.9 Å². The molecule has 0 bridgehead atoms. The zero-order chi connectivity index (χ0) is 17.4. The highest BCUT2D eigenvalue weighted by molar-refractivity contribution is 8.13. The number of thioether (sulfide) groups is 1. The molecule has 0 unspecified atom stereocenters. The molecular formula is C18H17F2N3OS. The van der Waals surface area contributed by atoms with Crippen LogP contribution in [0.25, 0.3) is 0 Å². The summed E-state index contributed by atoms with van der Waals surface area (Å²) < 4.78 is 33.9. The predicted molar refractivity (Wildman–Crippen MR) is 93.2 cm³/mol. The quantitative estimate of drug-likeness (QED) is 0.891. The van der Waals surface area contributed by atoms with E-state index in [4.69, 9.17) is 10.5 Å². The lowest BCUT2D eigenvalue weighted by molar-refractivity contribution is -0.0606. The number of benzene rings is 1. The summed E-state index contributed by atoms with van der Waals surface area (Å²) in [6.07, 6.45) is 2.21. The van der Waals surface area contributed by atoms with Crippen LogP contribution in [0.5, 0.6) is 0 Å². The Bertz CT molecular complexity index is 817. The molecule has 2 aliphatic heterocycles. The second-order valence-electron chi connectivity index (χ2n) is 6.30. The first-order valence-electron chi connectivity index (χ1n) is 8.05. The Morgan fingerprint density at radius 2 is 2.12 bits per heavy atom. The first-order chi connectivity index (χ1) is 12.1. The van der Waals surface area contributed by atoms with Gasteiger partial charge in [0.2, 0.25) is 0 Å². The van der Waals surface area contributed by atoms with Crippen LogP contribution in [0.1, 0.15) is 23.8 Å². The molecule has 130 valence electrons.